The number of benzene rings is 3. The molecule has 0 N–H and O–H groups in total. The highest BCUT2D eigenvalue weighted by Crippen LogP contribution is 2.44. The SMILES string of the molecule is CCOc1ccc(C2c3c(oc4cc(C)c(C)cc4c3=O)C(=O)N2c2cccc(C(F)(F)F)c2)cc1OC. The monoisotopic (exact) mass is 523 g/mol. The molecule has 196 valence electrons. The molecule has 0 saturated heterocycles. The highest BCUT2D eigenvalue weighted by molar-refractivity contribution is 6.10. The van der Waals surface area contributed by atoms with Gasteiger partial charge < -0.3 is 13.9 Å². The van der Waals surface area contributed by atoms with E-state index in [2.05, 4.69) is 0 Å². The van der Waals surface area contributed by atoms with Crippen LogP contribution >= 0.6 is 0 Å². The van der Waals surface area contributed by atoms with Crippen molar-refractivity contribution in [2.75, 3.05) is 18.6 Å². The van der Waals surface area contributed by atoms with Crippen molar-refractivity contribution in [1.29, 1.82) is 0 Å². The molecular weight excluding hydrogens is 499 g/mol. The van der Waals surface area contributed by atoms with Crippen molar-refractivity contribution in [2.24, 2.45) is 0 Å². The molecule has 9 heteroatoms. The molecule has 0 fully saturated rings. The van der Waals surface area contributed by atoms with Gasteiger partial charge in [0, 0.05) is 5.69 Å². The van der Waals surface area contributed by atoms with Gasteiger partial charge in [0.25, 0.3) is 5.91 Å². The molecule has 0 saturated carbocycles. The lowest BCUT2D eigenvalue weighted by Gasteiger charge is -2.26. The molecule has 0 spiro atoms. The summed E-state index contributed by atoms with van der Waals surface area (Å²) in [4.78, 5) is 28.8. The molecular formula is C29H24F3NO5. The van der Waals surface area contributed by atoms with E-state index >= 15 is 0 Å². The van der Waals surface area contributed by atoms with Crippen molar-refractivity contribution in [3.63, 3.8) is 0 Å². The largest absolute Gasteiger partial charge is 0.493 e. The lowest BCUT2D eigenvalue weighted by atomic mass is 9.96. The number of hydrogen-bond donors (Lipinski definition) is 0. The predicted molar refractivity (Wildman–Crippen MR) is 136 cm³/mol. The van der Waals surface area contributed by atoms with Gasteiger partial charge >= 0.3 is 6.18 Å². The number of carbonyl (C=O) groups is 1. The summed E-state index contributed by atoms with van der Waals surface area (Å²) in [5, 5.41) is 0.286. The standard InChI is InChI=1S/C29H24F3NO5/c1-5-37-21-10-9-17(13-23(21)36-4)25-24-26(34)20-11-15(2)16(3)12-22(20)38-27(24)28(35)33(25)19-8-6-7-18(14-19)29(30,31)32/h6-14,25H,5H2,1-4H3. The van der Waals surface area contributed by atoms with E-state index in [9.17, 15) is 22.8 Å². The maximum atomic E-state index is 13.9. The first-order chi connectivity index (χ1) is 18.0. The second kappa shape index (κ2) is 9.24. The van der Waals surface area contributed by atoms with Gasteiger partial charge in [-0.25, -0.2) is 0 Å². The Labute approximate surface area is 216 Å². The number of amides is 1. The molecule has 1 unspecified atom stereocenters. The van der Waals surface area contributed by atoms with E-state index in [0.29, 0.717) is 23.7 Å². The number of anilines is 1. The average Bonchev–Trinajstić information content (AvgIpc) is 3.17. The second-order valence-corrected chi connectivity index (χ2v) is 9.08. The average molecular weight is 524 g/mol. The van der Waals surface area contributed by atoms with Gasteiger partial charge in [0.05, 0.1) is 36.3 Å². The third-order valence-corrected chi connectivity index (χ3v) is 6.74. The first kappa shape index (κ1) is 25.4. The lowest BCUT2D eigenvalue weighted by Crippen LogP contribution is -2.29. The lowest BCUT2D eigenvalue weighted by molar-refractivity contribution is -0.137. The van der Waals surface area contributed by atoms with E-state index in [1.807, 2.05) is 20.8 Å². The fourth-order valence-corrected chi connectivity index (χ4v) is 4.77. The van der Waals surface area contributed by atoms with E-state index in [0.717, 1.165) is 23.3 Å². The molecule has 1 aliphatic rings. The number of fused-ring (bicyclic) bond motifs is 2. The van der Waals surface area contributed by atoms with Crippen LogP contribution in [0.25, 0.3) is 11.0 Å². The molecule has 0 radical (unpaired) electrons. The van der Waals surface area contributed by atoms with Crippen LogP contribution in [-0.2, 0) is 6.18 Å². The number of aryl methyl sites for hydroxylation is 2. The first-order valence-corrected chi connectivity index (χ1v) is 11.9. The van der Waals surface area contributed by atoms with Crippen molar-refractivity contribution in [3.05, 3.63) is 98.4 Å². The van der Waals surface area contributed by atoms with E-state index < -0.39 is 29.1 Å². The molecule has 5 rings (SSSR count). The third kappa shape index (κ3) is 4.08. The minimum Gasteiger partial charge on any atom is -0.493 e. The fourth-order valence-electron chi connectivity index (χ4n) is 4.77. The Hall–Kier alpha value is -4.27. The maximum absolute atomic E-state index is 13.9. The van der Waals surface area contributed by atoms with Crippen LogP contribution in [-0.4, -0.2) is 19.6 Å². The Morgan fingerprint density at radius 3 is 2.39 bits per heavy atom. The highest BCUT2D eigenvalue weighted by atomic mass is 19.4. The van der Waals surface area contributed by atoms with Gasteiger partial charge in [-0.15, -0.1) is 0 Å². The van der Waals surface area contributed by atoms with Gasteiger partial charge in [-0.2, -0.15) is 13.2 Å². The van der Waals surface area contributed by atoms with Crippen LogP contribution in [0.15, 0.2) is 63.8 Å². The van der Waals surface area contributed by atoms with Gasteiger partial charge in [0.1, 0.15) is 5.58 Å². The van der Waals surface area contributed by atoms with E-state index in [1.165, 1.54) is 24.1 Å². The molecule has 0 aliphatic carbocycles. The number of hydrogen-bond acceptors (Lipinski definition) is 5. The Morgan fingerprint density at radius 2 is 1.71 bits per heavy atom. The number of ether oxygens (including phenoxy) is 2. The van der Waals surface area contributed by atoms with Crippen LogP contribution in [0.3, 0.4) is 0 Å². The molecule has 0 bridgehead atoms. The smallest absolute Gasteiger partial charge is 0.416 e. The van der Waals surface area contributed by atoms with Gasteiger partial charge in [-0.1, -0.05) is 12.1 Å². The van der Waals surface area contributed by atoms with Gasteiger partial charge in [0.15, 0.2) is 16.9 Å². The van der Waals surface area contributed by atoms with E-state index in [4.69, 9.17) is 13.9 Å². The minimum absolute atomic E-state index is 0.0232. The maximum Gasteiger partial charge on any atom is 0.416 e. The number of nitrogens with zero attached hydrogens (tertiary/aromatic N) is 1. The highest BCUT2D eigenvalue weighted by Gasteiger charge is 2.44. The summed E-state index contributed by atoms with van der Waals surface area (Å²) < 4.78 is 57.8. The van der Waals surface area contributed by atoms with Crippen molar-refractivity contribution in [2.45, 2.75) is 33.0 Å². The number of alkyl halides is 3. The normalized spacial score (nSPS) is 15.2. The summed E-state index contributed by atoms with van der Waals surface area (Å²) in [5.74, 6) is -0.119. The number of rotatable bonds is 5. The summed E-state index contributed by atoms with van der Waals surface area (Å²) in [7, 11) is 1.45. The van der Waals surface area contributed by atoms with Crippen LogP contribution in [0, 0.1) is 13.8 Å². The third-order valence-electron chi connectivity index (χ3n) is 6.74. The van der Waals surface area contributed by atoms with Crippen molar-refractivity contribution < 1.29 is 31.9 Å². The molecule has 3 aromatic carbocycles. The number of methoxy groups -OCH3 is 1. The summed E-state index contributed by atoms with van der Waals surface area (Å²) in [5.41, 5.74) is 1.10. The Bertz CT molecular complexity index is 1640. The van der Waals surface area contributed by atoms with Gasteiger partial charge in [0.2, 0.25) is 5.76 Å². The minimum atomic E-state index is -4.62. The zero-order valence-electron chi connectivity index (χ0n) is 21.1. The molecule has 38 heavy (non-hydrogen) atoms. The zero-order chi connectivity index (χ0) is 27.4. The Morgan fingerprint density at radius 1 is 0.974 bits per heavy atom. The first-order valence-electron chi connectivity index (χ1n) is 11.9. The van der Waals surface area contributed by atoms with Crippen molar-refractivity contribution in [1.82, 2.24) is 0 Å². The molecule has 1 aromatic heterocycles. The van der Waals surface area contributed by atoms with E-state index in [-0.39, 0.29) is 28.0 Å². The fraction of sp³-hybridized carbons (Fsp3) is 0.241. The molecule has 4 aromatic rings. The predicted octanol–water partition coefficient (Wildman–Crippen LogP) is 6.59. The molecule has 1 aliphatic heterocycles. The molecule has 1 amide bonds. The molecule has 2 heterocycles. The second-order valence-electron chi connectivity index (χ2n) is 9.08. The molecule has 6 nitrogen and oxygen atoms in total. The Balaban J connectivity index is 1.80. The van der Waals surface area contributed by atoms with Crippen LogP contribution in [0.5, 0.6) is 11.5 Å². The van der Waals surface area contributed by atoms with Gasteiger partial charge in [-0.05, 0) is 79.9 Å². The summed E-state index contributed by atoms with van der Waals surface area (Å²) >= 11 is 0. The van der Waals surface area contributed by atoms with Crippen LogP contribution in [0.2, 0.25) is 0 Å². The zero-order valence-corrected chi connectivity index (χ0v) is 21.1. The number of halogens is 3. The summed E-state index contributed by atoms with van der Waals surface area (Å²) in [6.45, 7) is 5.91. The van der Waals surface area contributed by atoms with Crippen LogP contribution in [0.1, 0.15) is 51.3 Å². The summed E-state index contributed by atoms with van der Waals surface area (Å²) in [6, 6.07) is 11.7. The quantitative estimate of drug-likeness (QED) is 0.295. The van der Waals surface area contributed by atoms with Crippen molar-refractivity contribution >= 4 is 22.6 Å². The van der Waals surface area contributed by atoms with Crippen LogP contribution < -0.4 is 19.8 Å². The number of carbonyl (C=O) groups excluding carboxylic acids is 1. The van der Waals surface area contributed by atoms with Gasteiger partial charge in [-0.3, -0.25) is 14.5 Å². The van der Waals surface area contributed by atoms with Crippen LogP contribution in [0.4, 0.5) is 18.9 Å². The summed E-state index contributed by atoms with van der Waals surface area (Å²) in [6.07, 6.45) is -4.62. The topological polar surface area (TPSA) is 69.0 Å². The Kier molecular flexibility index (Phi) is 6.17. The molecule has 1 atom stereocenters. The van der Waals surface area contributed by atoms with Crippen molar-refractivity contribution in [3.8, 4) is 11.5 Å². The van der Waals surface area contributed by atoms with E-state index in [1.54, 1.807) is 30.3 Å².